The van der Waals surface area contributed by atoms with Gasteiger partial charge in [-0.2, -0.15) is 0 Å². The number of ether oxygens (including phenoxy) is 1. The van der Waals surface area contributed by atoms with Gasteiger partial charge in [-0.3, -0.25) is 4.79 Å². The first-order valence-electron chi connectivity index (χ1n) is 8.24. The van der Waals surface area contributed by atoms with Crippen molar-refractivity contribution >= 4 is 5.78 Å². The van der Waals surface area contributed by atoms with E-state index >= 15 is 0 Å². The molecule has 1 aliphatic rings. The van der Waals surface area contributed by atoms with E-state index in [0.29, 0.717) is 6.54 Å². The SMILES string of the molecule is CCCCOCCCNCC(=O)c1ccc2c(c1)CCC2. The van der Waals surface area contributed by atoms with E-state index in [-0.39, 0.29) is 5.78 Å². The van der Waals surface area contributed by atoms with Crippen molar-refractivity contribution in [1.82, 2.24) is 5.32 Å². The molecule has 3 nitrogen and oxygen atoms in total. The predicted octanol–water partition coefficient (Wildman–Crippen LogP) is 3.15. The van der Waals surface area contributed by atoms with Crippen LogP contribution in [-0.2, 0) is 17.6 Å². The van der Waals surface area contributed by atoms with E-state index in [9.17, 15) is 4.79 Å². The van der Waals surface area contributed by atoms with Crippen LogP contribution in [0, 0.1) is 0 Å². The number of carbonyl (C=O) groups is 1. The van der Waals surface area contributed by atoms with Gasteiger partial charge in [0.1, 0.15) is 0 Å². The van der Waals surface area contributed by atoms with Gasteiger partial charge in [0, 0.05) is 18.8 Å². The molecule has 0 unspecified atom stereocenters. The smallest absolute Gasteiger partial charge is 0.176 e. The number of benzene rings is 1. The molecule has 1 aromatic rings. The average molecular weight is 289 g/mol. The van der Waals surface area contributed by atoms with Gasteiger partial charge in [0.2, 0.25) is 0 Å². The fourth-order valence-corrected chi connectivity index (χ4v) is 2.70. The van der Waals surface area contributed by atoms with Gasteiger partial charge in [-0.1, -0.05) is 25.5 Å². The highest BCUT2D eigenvalue weighted by Crippen LogP contribution is 2.22. The Bertz CT molecular complexity index is 457. The largest absolute Gasteiger partial charge is 0.381 e. The highest BCUT2D eigenvalue weighted by Gasteiger charge is 2.13. The molecule has 0 atom stereocenters. The Hall–Kier alpha value is -1.19. The minimum Gasteiger partial charge on any atom is -0.381 e. The minimum atomic E-state index is 0.191. The molecular formula is C18H27NO2. The van der Waals surface area contributed by atoms with Crippen LogP contribution in [0.3, 0.4) is 0 Å². The molecule has 2 rings (SSSR count). The van der Waals surface area contributed by atoms with Crippen molar-refractivity contribution in [2.75, 3.05) is 26.3 Å². The lowest BCUT2D eigenvalue weighted by Crippen LogP contribution is -2.25. The summed E-state index contributed by atoms with van der Waals surface area (Å²) in [6.45, 7) is 5.05. The summed E-state index contributed by atoms with van der Waals surface area (Å²) in [7, 11) is 0. The molecule has 0 aromatic heterocycles. The van der Waals surface area contributed by atoms with Crippen LogP contribution in [0.15, 0.2) is 18.2 Å². The van der Waals surface area contributed by atoms with Crippen LogP contribution in [0.2, 0.25) is 0 Å². The number of unbranched alkanes of at least 4 members (excludes halogenated alkanes) is 1. The third kappa shape index (κ3) is 5.25. The molecule has 0 fully saturated rings. The molecule has 116 valence electrons. The minimum absolute atomic E-state index is 0.191. The summed E-state index contributed by atoms with van der Waals surface area (Å²) in [6, 6.07) is 6.18. The van der Waals surface area contributed by atoms with Gasteiger partial charge in [-0.25, -0.2) is 0 Å². The van der Waals surface area contributed by atoms with E-state index in [1.54, 1.807) is 0 Å². The Kier molecular flexibility index (Phi) is 6.90. The molecule has 21 heavy (non-hydrogen) atoms. The molecule has 0 heterocycles. The number of carbonyl (C=O) groups excluding carboxylic acids is 1. The molecule has 0 saturated carbocycles. The highest BCUT2D eigenvalue weighted by molar-refractivity contribution is 5.97. The van der Waals surface area contributed by atoms with Crippen molar-refractivity contribution in [1.29, 1.82) is 0 Å². The summed E-state index contributed by atoms with van der Waals surface area (Å²) in [4.78, 5) is 12.1. The van der Waals surface area contributed by atoms with Crippen LogP contribution < -0.4 is 5.32 Å². The first kappa shape index (κ1) is 16.2. The zero-order valence-corrected chi connectivity index (χ0v) is 13.1. The number of hydrogen-bond acceptors (Lipinski definition) is 3. The lowest BCUT2D eigenvalue weighted by Gasteiger charge is -2.07. The van der Waals surface area contributed by atoms with Crippen LogP contribution >= 0.6 is 0 Å². The molecule has 0 radical (unpaired) electrons. The van der Waals surface area contributed by atoms with E-state index < -0.39 is 0 Å². The summed E-state index contributed by atoms with van der Waals surface area (Å²) in [6.07, 6.45) is 6.78. The van der Waals surface area contributed by atoms with Crippen molar-refractivity contribution in [3.63, 3.8) is 0 Å². The summed E-state index contributed by atoms with van der Waals surface area (Å²) < 4.78 is 5.49. The molecule has 1 aromatic carbocycles. The average Bonchev–Trinajstić information content (AvgIpc) is 2.97. The van der Waals surface area contributed by atoms with E-state index in [2.05, 4.69) is 24.4 Å². The van der Waals surface area contributed by atoms with Gasteiger partial charge in [-0.05, 0) is 55.8 Å². The third-order valence-corrected chi connectivity index (χ3v) is 3.99. The topological polar surface area (TPSA) is 38.3 Å². The molecule has 3 heteroatoms. The second kappa shape index (κ2) is 8.96. The number of hydrogen-bond donors (Lipinski definition) is 1. The fourth-order valence-electron chi connectivity index (χ4n) is 2.70. The van der Waals surface area contributed by atoms with E-state index in [0.717, 1.165) is 44.6 Å². The lowest BCUT2D eigenvalue weighted by molar-refractivity contribution is 0.0986. The second-order valence-electron chi connectivity index (χ2n) is 5.76. The number of rotatable bonds is 10. The first-order chi connectivity index (χ1) is 10.3. The van der Waals surface area contributed by atoms with Crippen molar-refractivity contribution in [2.45, 2.75) is 45.4 Å². The zero-order chi connectivity index (χ0) is 14.9. The molecule has 0 aliphatic heterocycles. The van der Waals surface area contributed by atoms with Crippen LogP contribution in [0.25, 0.3) is 0 Å². The number of aryl methyl sites for hydroxylation is 2. The fraction of sp³-hybridized carbons (Fsp3) is 0.611. The summed E-state index contributed by atoms with van der Waals surface area (Å²) in [5.41, 5.74) is 3.64. The van der Waals surface area contributed by atoms with Crippen LogP contribution in [0.4, 0.5) is 0 Å². The molecule has 0 spiro atoms. The monoisotopic (exact) mass is 289 g/mol. The zero-order valence-electron chi connectivity index (χ0n) is 13.1. The number of Topliss-reactive ketones (excluding diaryl/α,β-unsaturated/α-hetero) is 1. The quantitative estimate of drug-likeness (QED) is 0.531. The second-order valence-corrected chi connectivity index (χ2v) is 5.76. The molecule has 1 N–H and O–H groups in total. The summed E-state index contributed by atoms with van der Waals surface area (Å²) in [5, 5.41) is 3.21. The maximum atomic E-state index is 12.1. The predicted molar refractivity (Wildman–Crippen MR) is 86.0 cm³/mol. The van der Waals surface area contributed by atoms with Crippen molar-refractivity contribution < 1.29 is 9.53 Å². The number of fused-ring (bicyclic) bond motifs is 1. The van der Waals surface area contributed by atoms with Gasteiger partial charge in [0.25, 0.3) is 0 Å². The Morgan fingerprint density at radius 2 is 2.00 bits per heavy atom. The van der Waals surface area contributed by atoms with Gasteiger partial charge in [0.05, 0.1) is 6.54 Å². The first-order valence-corrected chi connectivity index (χ1v) is 8.24. The maximum Gasteiger partial charge on any atom is 0.176 e. The Morgan fingerprint density at radius 3 is 2.86 bits per heavy atom. The van der Waals surface area contributed by atoms with Gasteiger partial charge in [-0.15, -0.1) is 0 Å². The van der Waals surface area contributed by atoms with Crippen molar-refractivity contribution in [3.05, 3.63) is 34.9 Å². The highest BCUT2D eigenvalue weighted by atomic mass is 16.5. The molecule has 0 saturated heterocycles. The summed E-state index contributed by atoms with van der Waals surface area (Å²) >= 11 is 0. The number of nitrogens with one attached hydrogen (secondary N) is 1. The molecule has 1 aliphatic carbocycles. The molecular weight excluding hydrogens is 262 g/mol. The van der Waals surface area contributed by atoms with E-state index in [1.165, 1.54) is 30.4 Å². The van der Waals surface area contributed by atoms with Gasteiger partial charge >= 0.3 is 0 Å². The van der Waals surface area contributed by atoms with E-state index in [4.69, 9.17) is 4.74 Å². The lowest BCUT2D eigenvalue weighted by atomic mass is 10.0. The molecule has 0 bridgehead atoms. The maximum absolute atomic E-state index is 12.1. The Morgan fingerprint density at radius 1 is 1.19 bits per heavy atom. The summed E-state index contributed by atoms with van der Waals surface area (Å²) in [5.74, 6) is 0.191. The molecule has 0 amide bonds. The normalized spacial score (nSPS) is 13.4. The van der Waals surface area contributed by atoms with Crippen LogP contribution in [-0.4, -0.2) is 32.1 Å². The Balaban J connectivity index is 1.61. The van der Waals surface area contributed by atoms with Gasteiger partial charge < -0.3 is 10.1 Å². The number of ketones is 1. The van der Waals surface area contributed by atoms with Crippen molar-refractivity contribution in [3.8, 4) is 0 Å². The van der Waals surface area contributed by atoms with Crippen LogP contribution in [0.5, 0.6) is 0 Å². The van der Waals surface area contributed by atoms with Crippen molar-refractivity contribution in [2.24, 2.45) is 0 Å². The standard InChI is InChI=1S/C18H27NO2/c1-2-3-11-21-12-5-10-19-14-18(20)17-9-8-15-6-4-7-16(15)13-17/h8-9,13,19H,2-7,10-12,14H2,1H3. The van der Waals surface area contributed by atoms with Crippen LogP contribution in [0.1, 0.15) is 54.1 Å². The Labute approximate surface area is 128 Å². The van der Waals surface area contributed by atoms with E-state index in [1.807, 2.05) is 6.07 Å². The van der Waals surface area contributed by atoms with Gasteiger partial charge in [0.15, 0.2) is 5.78 Å². The third-order valence-electron chi connectivity index (χ3n) is 3.99.